The predicted octanol–water partition coefficient (Wildman–Crippen LogP) is 0.623. The van der Waals surface area contributed by atoms with Gasteiger partial charge in [-0.2, -0.15) is 0 Å². The summed E-state index contributed by atoms with van der Waals surface area (Å²) in [4.78, 5) is 25.0. The van der Waals surface area contributed by atoms with E-state index in [4.69, 9.17) is 14.6 Å². The number of nitrogens with one attached hydrogen (secondary N) is 2. The molecule has 0 atom stereocenters. The zero-order valence-corrected chi connectivity index (χ0v) is 10.3. The molecule has 0 saturated carbocycles. The summed E-state index contributed by atoms with van der Waals surface area (Å²) in [5.74, 6) is -1.54. The number of ether oxygens (including phenoxy) is 2. The molecule has 1 aromatic rings. The Kier molecular flexibility index (Phi) is 5.34. The SMILES string of the molecule is COCCOCC(=O)Nc1cc(C)[nH]c1C(=O)O. The van der Waals surface area contributed by atoms with Crippen LogP contribution in [0.4, 0.5) is 5.69 Å². The smallest absolute Gasteiger partial charge is 0.354 e. The number of carbonyl (C=O) groups is 2. The summed E-state index contributed by atoms with van der Waals surface area (Å²) in [6, 6.07) is 1.55. The third kappa shape index (κ3) is 4.19. The standard InChI is InChI=1S/C11H16N2O5/c1-7-5-8(10(12-7)11(15)16)13-9(14)6-18-4-3-17-2/h5,12H,3-4,6H2,1-2H3,(H,13,14)(H,15,16). The molecule has 0 aliphatic carbocycles. The van der Waals surface area contributed by atoms with E-state index in [-0.39, 0.29) is 18.0 Å². The van der Waals surface area contributed by atoms with E-state index in [2.05, 4.69) is 10.3 Å². The van der Waals surface area contributed by atoms with Crippen molar-refractivity contribution in [3.63, 3.8) is 0 Å². The molecule has 1 aromatic heterocycles. The Morgan fingerprint density at radius 2 is 2.17 bits per heavy atom. The lowest BCUT2D eigenvalue weighted by Gasteiger charge is -2.05. The molecule has 0 spiro atoms. The Bertz CT molecular complexity index is 427. The second kappa shape index (κ2) is 6.77. The lowest BCUT2D eigenvalue weighted by molar-refractivity contribution is -0.121. The molecule has 7 nitrogen and oxygen atoms in total. The molecule has 0 aliphatic rings. The zero-order valence-electron chi connectivity index (χ0n) is 10.3. The van der Waals surface area contributed by atoms with Crippen LogP contribution in [0.1, 0.15) is 16.2 Å². The lowest BCUT2D eigenvalue weighted by atomic mass is 10.3. The summed E-state index contributed by atoms with van der Waals surface area (Å²) < 4.78 is 9.78. The van der Waals surface area contributed by atoms with E-state index in [1.54, 1.807) is 13.0 Å². The molecule has 3 N–H and O–H groups in total. The molecule has 0 saturated heterocycles. The Morgan fingerprint density at radius 3 is 2.78 bits per heavy atom. The molecule has 100 valence electrons. The second-order valence-electron chi connectivity index (χ2n) is 3.64. The predicted molar refractivity (Wildman–Crippen MR) is 63.8 cm³/mol. The van der Waals surface area contributed by atoms with Crippen molar-refractivity contribution in [3.8, 4) is 0 Å². The number of carboxylic acids is 1. The fourth-order valence-electron chi connectivity index (χ4n) is 1.35. The van der Waals surface area contributed by atoms with Gasteiger partial charge in [0.1, 0.15) is 12.3 Å². The number of carbonyl (C=O) groups excluding carboxylic acids is 1. The van der Waals surface area contributed by atoms with Crippen LogP contribution >= 0.6 is 0 Å². The van der Waals surface area contributed by atoms with Crippen molar-refractivity contribution in [1.29, 1.82) is 0 Å². The van der Waals surface area contributed by atoms with Crippen LogP contribution in [0.2, 0.25) is 0 Å². The Labute approximate surface area is 104 Å². The first-order valence-electron chi connectivity index (χ1n) is 5.34. The van der Waals surface area contributed by atoms with Crippen molar-refractivity contribution in [2.75, 3.05) is 32.2 Å². The van der Waals surface area contributed by atoms with Crippen LogP contribution in [0.25, 0.3) is 0 Å². The van der Waals surface area contributed by atoms with Crippen molar-refractivity contribution in [2.24, 2.45) is 0 Å². The minimum atomic E-state index is -1.13. The molecule has 1 heterocycles. The van der Waals surface area contributed by atoms with E-state index in [0.717, 1.165) is 0 Å². The van der Waals surface area contributed by atoms with Gasteiger partial charge in [-0.3, -0.25) is 4.79 Å². The number of H-pyrrole nitrogens is 1. The van der Waals surface area contributed by atoms with Gasteiger partial charge >= 0.3 is 5.97 Å². The molecule has 0 unspecified atom stereocenters. The van der Waals surface area contributed by atoms with Crippen molar-refractivity contribution >= 4 is 17.6 Å². The molecule has 1 amide bonds. The number of methoxy groups -OCH3 is 1. The van der Waals surface area contributed by atoms with Crippen LogP contribution in [-0.4, -0.2) is 48.9 Å². The molecule has 0 aliphatic heterocycles. The average molecular weight is 256 g/mol. The van der Waals surface area contributed by atoms with Gasteiger partial charge in [-0.15, -0.1) is 0 Å². The minimum Gasteiger partial charge on any atom is -0.477 e. The molecule has 0 fully saturated rings. The molecule has 7 heteroatoms. The summed E-state index contributed by atoms with van der Waals surface area (Å²) in [7, 11) is 1.53. The largest absolute Gasteiger partial charge is 0.477 e. The van der Waals surface area contributed by atoms with Crippen molar-refractivity contribution in [3.05, 3.63) is 17.5 Å². The summed E-state index contributed by atoms with van der Waals surface area (Å²) in [6.07, 6.45) is 0. The van der Waals surface area contributed by atoms with Gasteiger partial charge in [-0.25, -0.2) is 4.79 Å². The van der Waals surface area contributed by atoms with Crippen LogP contribution in [0.15, 0.2) is 6.07 Å². The normalized spacial score (nSPS) is 10.3. The fourth-order valence-corrected chi connectivity index (χ4v) is 1.35. The monoisotopic (exact) mass is 256 g/mol. The van der Waals surface area contributed by atoms with E-state index < -0.39 is 11.9 Å². The second-order valence-corrected chi connectivity index (χ2v) is 3.64. The highest BCUT2D eigenvalue weighted by molar-refractivity contribution is 6.00. The fraction of sp³-hybridized carbons (Fsp3) is 0.455. The molecule has 0 radical (unpaired) electrons. The number of amides is 1. The Morgan fingerprint density at radius 1 is 1.44 bits per heavy atom. The number of rotatable bonds is 7. The summed E-state index contributed by atoms with van der Waals surface area (Å²) in [5, 5.41) is 11.4. The third-order valence-corrected chi connectivity index (χ3v) is 2.11. The average Bonchev–Trinajstić information content (AvgIpc) is 2.66. The molecular formula is C11H16N2O5. The molecule has 0 bridgehead atoms. The summed E-state index contributed by atoms with van der Waals surface area (Å²) >= 11 is 0. The van der Waals surface area contributed by atoms with E-state index in [1.165, 1.54) is 7.11 Å². The number of carboxylic acid groups (broad SMARTS) is 1. The Hall–Kier alpha value is -1.86. The van der Waals surface area contributed by atoms with E-state index in [0.29, 0.717) is 18.9 Å². The minimum absolute atomic E-state index is 0.0438. The van der Waals surface area contributed by atoms with Crippen LogP contribution in [0, 0.1) is 6.92 Å². The zero-order chi connectivity index (χ0) is 13.5. The number of aromatic carboxylic acids is 1. The van der Waals surface area contributed by atoms with Gasteiger partial charge in [0, 0.05) is 12.8 Å². The Balaban J connectivity index is 2.51. The van der Waals surface area contributed by atoms with Crippen LogP contribution in [0.3, 0.4) is 0 Å². The quantitative estimate of drug-likeness (QED) is 0.621. The topological polar surface area (TPSA) is 101 Å². The third-order valence-electron chi connectivity index (χ3n) is 2.11. The number of hydrogen-bond donors (Lipinski definition) is 3. The molecule has 0 aromatic carbocycles. The number of hydrogen-bond acceptors (Lipinski definition) is 4. The van der Waals surface area contributed by atoms with Gasteiger partial charge in [0.05, 0.1) is 18.9 Å². The highest BCUT2D eigenvalue weighted by Gasteiger charge is 2.15. The summed E-state index contributed by atoms with van der Waals surface area (Å²) in [6.45, 7) is 2.27. The van der Waals surface area contributed by atoms with Crippen LogP contribution in [0.5, 0.6) is 0 Å². The maximum Gasteiger partial charge on any atom is 0.354 e. The van der Waals surface area contributed by atoms with E-state index in [1.807, 2.05) is 0 Å². The van der Waals surface area contributed by atoms with Crippen LogP contribution in [-0.2, 0) is 14.3 Å². The van der Waals surface area contributed by atoms with E-state index >= 15 is 0 Å². The summed E-state index contributed by atoms with van der Waals surface area (Å²) in [5.41, 5.74) is 0.848. The first-order valence-corrected chi connectivity index (χ1v) is 5.34. The van der Waals surface area contributed by atoms with Crippen molar-refractivity contribution < 1.29 is 24.2 Å². The highest BCUT2D eigenvalue weighted by Crippen LogP contribution is 2.16. The van der Waals surface area contributed by atoms with Crippen molar-refractivity contribution in [2.45, 2.75) is 6.92 Å². The van der Waals surface area contributed by atoms with Gasteiger partial charge in [-0.05, 0) is 13.0 Å². The highest BCUT2D eigenvalue weighted by atomic mass is 16.5. The van der Waals surface area contributed by atoms with E-state index in [9.17, 15) is 9.59 Å². The van der Waals surface area contributed by atoms with Crippen molar-refractivity contribution in [1.82, 2.24) is 4.98 Å². The number of anilines is 1. The number of aromatic nitrogens is 1. The molecular weight excluding hydrogens is 240 g/mol. The molecule has 18 heavy (non-hydrogen) atoms. The van der Waals surface area contributed by atoms with Gasteiger partial charge in [0.2, 0.25) is 5.91 Å². The lowest BCUT2D eigenvalue weighted by Crippen LogP contribution is -2.20. The maximum atomic E-state index is 11.5. The van der Waals surface area contributed by atoms with Gasteiger partial charge in [0.25, 0.3) is 0 Å². The molecule has 1 rings (SSSR count). The first-order chi connectivity index (χ1) is 8.54. The van der Waals surface area contributed by atoms with Gasteiger partial charge in [0.15, 0.2) is 0 Å². The van der Waals surface area contributed by atoms with Crippen LogP contribution < -0.4 is 5.32 Å². The first kappa shape index (κ1) is 14.2. The maximum absolute atomic E-state index is 11.5. The number of aromatic amines is 1. The number of aryl methyl sites for hydroxylation is 1. The van der Waals surface area contributed by atoms with Gasteiger partial charge in [-0.1, -0.05) is 0 Å². The van der Waals surface area contributed by atoms with Gasteiger partial charge < -0.3 is 24.9 Å².